The Morgan fingerprint density at radius 1 is 1.17 bits per heavy atom. The van der Waals surface area contributed by atoms with Crippen molar-refractivity contribution in [3.05, 3.63) is 70.1 Å². The molecular formula is C23H22Cl2N2O3. The number of imidazole rings is 1. The summed E-state index contributed by atoms with van der Waals surface area (Å²) >= 11 is 12.3. The summed E-state index contributed by atoms with van der Waals surface area (Å²) in [5.41, 5.74) is 2.64. The molecule has 156 valence electrons. The minimum Gasteiger partial charge on any atom is -0.494 e. The number of aryl methyl sites for hydroxylation is 1. The van der Waals surface area contributed by atoms with Crippen LogP contribution in [0.25, 0.3) is 23.4 Å². The molecule has 0 bridgehead atoms. The molecule has 0 atom stereocenters. The maximum absolute atomic E-state index is 10.5. The highest BCUT2D eigenvalue weighted by Crippen LogP contribution is 2.30. The third-order valence-electron chi connectivity index (χ3n) is 4.46. The molecule has 0 aliphatic heterocycles. The largest absolute Gasteiger partial charge is 0.494 e. The van der Waals surface area contributed by atoms with Crippen molar-refractivity contribution in [2.75, 3.05) is 6.61 Å². The summed E-state index contributed by atoms with van der Waals surface area (Å²) in [7, 11) is 0. The van der Waals surface area contributed by atoms with Gasteiger partial charge in [0.25, 0.3) is 0 Å². The van der Waals surface area contributed by atoms with E-state index in [4.69, 9.17) is 38.0 Å². The molecule has 5 nitrogen and oxygen atoms in total. The van der Waals surface area contributed by atoms with Crippen LogP contribution in [0, 0.1) is 0 Å². The Kier molecular flexibility index (Phi) is 7.55. The minimum absolute atomic E-state index is 0.105. The molecule has 0 spiro atoms. The number of halogens is 2. The zero-order valence-corrected chi connectivity index (χ0v) is 18.0. The highest BCUT2D eigenvalue weighted by atomic mass is 35.5. The summed E-state index contributed by atoms with van der Waals surface area (Å²) in [6.45, 7) is 3.22. The van der Waals surface area contributed by atoms with Gasteiger partial charge in [-0.15, -0.1) is 0 Å². The topological polar surface area (TPSA) is 64.4 Å². The molecule has 1 heterocycles. The van der Waals surface area contributed by atoms with Crippen molar-refractivity contribution in [3.8, 4) is 17.0 Å². The number of nitrogens with zero attached hydrogens (tertiary/aromatic N) is 2. The van der Waals surface area contributed by atoms with Gasteiger partial charge in [-0.2, -0.15) is 0 Å². The van der Waals surface area contributed by atoms with Gasteiger partial charge in [-0.3, -0.25) is 4.79 Å². The van der Waals surface area contributed by atoms with Crippen molar-refractivity contribution in [1.82, 2.24) is 9.55 Å². The average Bonchev–Trinajstić information content (AvgIpc) is 3.13. The Labute approximate surface area is 185 Å². The van der Waals surface area contributed by atoms with Crippen molar-refractivity contribution in [2.45, 2.75) is 26.3 Å². The second-order valence-corrected chi connectivity index (χ2v) is 7.49. The molecule has 1 aromatic heterocycles. The van der Waals surface area contributed by atoms with Gasteiger partial charge >= 0.3 is 5.97 Å². The van der Waals surface area contributed by atoms with Crippen LogP contribution in [0.3, 0.4) is 0 Å². The van der Waals surface area contributed by atoms with Crippen molar-refractivity contribution < 1.29 is 14.6 Å². The molecule has 0 fully saturated rings. The lowest BCUT2D eigenvalue weighted by Crippen LogP contribution is -2.01. The fraction of sp³-hybridized carbons (Fsp3) is 0.217. The fourth-order valence-corrected chi connectivity index (χ4v) is 3.41. The van der Waals surface area contributed by atoms with Gasteiger partial charge in [0.15, 0.2) is 0 Å². The molecule has 0 unspecified atom stereocenters. The molecule has 0 radical (unpaired) electrons. The number of hydrogen-bond acceptors (Lipinski definition) is 3. The lowest BCUT2D eigenvalue weighted by Gasteiger charge is -2.05. The van der Waals surface area contributed by atoms with Crippen LogP contribution in [-0.2, 0) is 11.3 Å². The van der Waals surface area contributed by atoms with E-state index < -0.39 is 5.97 Å². The summed E-state index contributed by atoms with van der Waals surface area (Å²) in [5.74, 6) is 0.728. The van der Waals surface area contributed by atoms with Crippen molar-refractivity contribution >= 4 is 41.3 Å². The molecule has 3 aromatic rings. The molecule has 30 heavy (non-hydrogen) atoms. The highest BCUT2D eigenvalue weighted by molar-refractivity contribution is 6.36. The first kappa shape index (κ1) is 21.9. The number of carbonyl (C=O) groups is 1. The highest BCUT2D eigenvalue weighted by Gasteiger charge is 2.10. The van der Waals surface area contributed by atoms with Crippen LogP contribution in [0.4, 0.5) is 0 Å². The Morgan fingerprint density at radius 3 is 2.60 bits per heavy atom. The summed E-state index contributed by atoms with van der Waals surface area (Å²) in [6.07, 6.45) is 6.50. The van der Waals surface area contributed by atoms with Gasteiger partial charge < -0.3 is 14.4 Å². The summed E-state index contributed by atoms with van der Waals surface area (Å²) in [4.78, 5) is 15.2. The maximum Gasteiger partial charge on any atom is 0.303 e. The zero-order chi connectivity index (χ0) is 21.5. The number of ether oxygens (including phenoxy) is 1. The van der Waals surface area contributed by atoms with Crippen LogP contribution in [0.2, 0.25) is 10.0 Å². The van der Waals surface area contributed by atoms with Crippen LogP contribution < -0.4 is 4.74 Å². The van der Waals surface area contributed by atoms with Gasteiger partial charge in [0, 0.05) is 29.7 Å². The third kappa shape index (κ3) is 5.88. The number of aliphatic carboxylic acids is 1. The summed E-state index contributed by atoms with van der Waals surface area (Å²) < 4.78 is 7.61. The molecule has 0 saturated carbocycles. The quantitative estimate of drug-likeness (QED) is 0.393. The van der Waals surface area contributed by atoms with Crippen molar-refractivity contribution in [3.63, 3.8) is 0 Å². The van der Waals surface area contributed by atoms with E-state index in [-0.39, 0.29) is 6.42 Å². The van der Waals surface area contributed by atoms with Crippen LogP contribution in [0.1, 0.15) is 31.2 Å². The molecule has 0 amide bonds. The number of carboxylic acid groups (broad SMARTS) is 1. The zero-order valence-electron chi connectivity index (χ0n) is 16.5. The van der Waals surface area contributed by atoms with Gasteiger partial charge in [-0.25, -0.2) is 4.98 Å². The van der Waals surface area contributed by atoms with Crippen molar-refractivity contribution in [1.29, 1.82) is 0 Å². The molecule has 0 aliphatic rings. The average molecular weight is 445 g/mol. The van der Waals surface area contributed by atoms with Crippen LogP contribution in [0.5, 0.6) is 5.75 Å². The van der Waals surface area contributed by atoms with Gasteiger partial charge in [-0.1, -0.05) is 41.4 Å². The van der Waals surface area contributed by atoms with Gasteiger partial charge in [0.2, 0.25) is 0 Å². The number of rotatable bonds is 9. The lowest BCUT2D eigenvalue weighted by molar-refractivity contribution is -0.137. The fourth-order valence-electron chi connectivity index (χ4n) is 2.90. The van der Waals surface area contributed by atoms with E-state index in [1.54, 1.807) is 12.1 Å². The van der Waals surface area contributed by atoms with E-state index in [1.807, 2.05) is 48.7 Å². The third-order valence-corrected chi connectivity index (χ3v) is 5.01. The Balaban J connectivity index is 1.69. The van der Waals surface area contributed by atoms with Crippen molar-refractivity contribution in [2.24, 2.45) is 0 Å². The Bertz CT molecular complexity index is 1040. The van der Waals surface area contributed by atoms with Gasteiger partial charge in [0.05, 0.1) is 17.3 Å². The molecule has 0 aliphatic carbocycles. The predicted molar refractivity (Wildman–Crippen MR) is 121 cm³/mol. The van der Waals surface area contributed by atoms with E-state index in [2.05, 4.69) is 11.5 Å². The second kappa shape index (κ2) is 10.3. The normalized spacial score (nSPS) is 11.2. The number of benzene rings is 2. The Hall–Kier alpha value is -2.76. The number of aromatic nitrogens is 2. The molecule has 2 aromatic carbocycles. The molecule has 7 heteroatoms. The first-order chi connectivity index (χ1) is 14.5. The Morgan fingerprint density at radius 2 is 1.93 bits per heavy atom. The second-order valence-electron chi connectivity index (χ2n) is 6.64. The monoisotopic (exact) mass is 444 g/mol. The van der Waals surface area contributed by atoms with Gasteiger partial charge in [-0.05, 0) is 55.3 Å². The van der Waals surface area contributed by atoms with Crippen LogP contribution >= 0.6 is 23.2 Å². The molecule has 0 saturated heterocycles. The molecule has 3 rings (SSSR count). The first-order valence-corrected chi connectivity index (χ1v) is 10.4. The molecule has 1 N–H and O–H groups in total. The van der Waals surface area contributed by atoms with Crippen LogP contribution in [0.15, 0.2) is 48.7 Å². The predicted octanol–water partition coefficient (Wildman–Crippen LogP) is 6.29. The van der Waals surface area contributed by atoms with E-state index in [9.17, 15) is 4.79 Å². The van der Waals surface area contributed by atoms with E-state index in [0.29, 0.717) is 28.8 Å². The minimum atomic E-state index is -0.814. The first-order valence-electron chi connectivity index (χ1n) is 9.61. The summed E-state index contributed by atoms with van der Waals surface area (Å²) in [5, 5.41) is 9.80. The van der Waals surface area contributed by atoms with E-state index in [1.165, 1.54) is 0 Å². The molecular weight excluding hydrogens is 423 g/mol. The van der Waals surface area contributed by atoms with Gasteiger partial charge in [0.1, 0.15) is 11.6 Å². The van der Waals surface area contributed by atoms with E-state index in [0.717, 1.165) is 29.2 Å². The maximum atomic E-state index is 10.5. The SMILES string of the molecule is CCn1cc(-c2ccc(Cl)cc2Cl)nc1C=Cc1ccc(OCCCC(=O)O)cc1. The standard InChI is InChI=1S/C23H22Cl2N2O3/c1-2-27-15-21(19-11-8-17(24)14-20(19)25)26-22(27)12-7-16-5-9-18(10-6-16)30-13-3-4-23(28)29/h5-12,14-15H,2-4,13H2,1H3,(H,28,29). The smallest absolute Gasteiger partial charge is 0.303 e. The lowest BCUT2D eigenvalue weighted by atomic mass is 10.2. The number of hydrogen-bond donors (Lipinski definition) is 1. The number of carboxylic acids is 1. The summed E-state index contributed by atoms with van der Waals surface area (Å²) in [6, 6.07) is 13.0. The van der Waals surface area contributed by atoms with Crippen LogP contribution in [-0.4, -0.2) is 27.2 Å². The van der Waals surface area contributed by atoms with E-state index >= 15 is 0 Å².